The van der Waals surface area contributed by atoms with Crippen molar-refractivity contribution in [2.75, 3.05) is 30.7 Å². The Morgan fingerprint density at radius 2 is 1.97 bits per heavy atom. The molecule has 1 aliphatic rings. The third-order valence-electron chi connectivity index (χ3n) is 5.36. The smallest absolute Gasteiger partial charge is 0.238 e. The number of carbonyl (C=O) groups is 1. The highest BCUT2D eigenvalue weighted by Crippen LogP contribution is 2.33. The van der Waals surface area contributed by atoms with Crippen LogP contribution in [0.1, 0.15) is 24.5 Å². The second-order valence-corrected chi connectivity index (χ2v) is 7.67. The van der Waals surface area contributed by atoms with Crippen molar-refractivity contribution in [2.45, 2.75) is 18.8 Å². The summed E-state index contributed by atoms with van der Waals surface area (Å²) in [6, 6.07) is 12.0. The molecule has 2 heterocycles. The maximum atomic E-state index is 13.8. The highest BCUT2D eigenvalue weighted by atomic mass is 19.1. The average Bonchev–Trinajstić information content (AvgIpc) is 2.75. The molecule has 1 unspecified atom stereocenters. The molecule has 0 radical (unpaired) electrons. The maximum Gasteiger partial charge on any atom is 0.238 e. The average molecular weight is 423 g/mol. The highest BCUT2D eigenvalue weighted by molar-refractivity contribution is 5.92. The first-order valence-corrected chi connectivity index (χ1v) is 10.1. The van der Waals surface area contributed by atoms with E-state index in [9.17, 15) is 13.6 Å². The summed E-state index contributed by atoms with van der Waals surface area (Å²) in [5.41, 5.74) is 8.61. The quantitative estimate of drug-likeness (QED) is 0.652. The first-order valence-electron chi connectivity index (χ1n) is 10.1. The topological polar surface area (TPSA) is 84.1 Å². The Bertz CT molecular complexity index is 1070. The van der Waals surface area contributed by atoms with Crippen molar-refractivity contribution in [1.29, 1.82) is 0 Å². The summed E-state index contributed by atoms with van der Waals surface area (Å²) in [4.78, 5) is 23.1. The summed E-state index contributed by atoms with van der Waals surface area (Å²) in [6.45, 7) is 1.61. The van der Waals surface area contributed by atoms with Crippen LogP contribution in [0.15, 0.2) is 54.7 Å². The molecule has 1 fully saturated rings. The van der Waals surface area contributed by atoms with Crippen LogP contribution in [0, 0.1) is 11.6 Å². The number of benzene rings is 2. The van der Waals surface area contributed by atoms with Gasteiger partial charge in [-0.2, -0.15) is 0 Å². The van der Waals surface area contributed by atoms with E-state index < -0.39 is 0 Å². The van der Waals surface area contributed by atoms with Gasteiger partial charge in [-0.1, -0.05) is 12.1 Å². The zero-order chi connectivity index (χ0) is 21.8. The lowest BCUT2D eigenvalue weighted by Gasteiger charge is -2.32. The molecule has 2 aromatic carbocycles. The summed E-state index contributed by atoms with van der Waals surface area (Å²) in [7, 11) is 0. The lowest BCUT2D eigenvalue weighted by atomic mass is 9.90. The molecule has 31 heavy (non-hydrogen) atoms. The zero-order valence-corrected chi connectivity index (χ0v) is 16.9. The van der Waals surface area contributed by atoms with E-state index >= 15 is 0 Å². The van der Waals surface area contributed by atoms with E-state index in [1.54, 1.807) is 12.3 Å². The first-order chi connectivity index (χ1) is 15.0. The number of piperidine rings is 1. The zero-order valence-electron chi connectivity index (χ0n) is 16.9. The minimum absolute atomic E-state index is 0.0379. The second-order valence-electron chi connectivity index (χ2n) is 7.67. The second kappa shape index (κ2) is 9.18. The molecule has 3 aromatic rings. The van der Waals surface area contributed by atoms with Crippen LogP contribution in [0.3, 0.4) is 0 Å². The van der Waals surface area contributed by atoms with E-state index in [0.717, 1.165) is 30.6 Å². The van der Waals surface area contributed by atoms with Crippen molar-refractivity contribution in [2.24, 2.45) is 0 Å². The number of hydrogen-bond acceptors (Lipinski definition) is 5. The van der Waals surface area contributed by atoms with Crippen molar-refractivity contribution < 1.29 is 13.6 Å². The lowest BCUT2D eigenvalue weighted by Crippen LogP contribution is -2.40. The van der Waals surface area contributed by atoms with Crippen molar-refractivity contribution in [1.82, 2.24) is 14.9 Å². The van der Waals surface area contributed by atoms with Gasteiger partial charge in [0.05, 0.1) is 12.2 Å². The van der Waals surface area contributed by atoms with Crippen LogP contribution in [0.4, 0.5) is 20.4 Å². The number of likely N-dealkylation sites (tertiary alicyclic amines) is 1. The Kier molecular flexibility index (Phi) is 6.18. The number of anilines is 2. The van der Waals surface area contributed by atoms with Crippen LogP contribution in [0.25, 0.3) is 11.1 Å². The monoisotopic (exact) mass is 423 g/mol. The van der Waals surface area contributed by atoms with Gasteiger partial charge in [-0.25, -0.2) is 18.7 Å². The van der Waals surface area contributed by atoms with E-state index in [2.05, 4.69) is 20.2 Å². The number of halogens is 2. The SMILES string of the molecule is Nc1ncc(-c2cccc(F)c2)c(C2CCCN(CC(=O)Nc3ccc(F)cc3)C2)n1. The summed E-state index contributed by atoms with van der Waals surface area (Å²) < 4.78 is 26.8. The number of nitrogens with two attached hydrogens (primary N) is 1. The fourth-order valence-electron chi connectivity index (χ4n) is 3.96. The van der Waals surface area contributed by atoms with Gasteiger partial charge in [0.1, 0.15) is 11.6 Å². The molecule has 1 amide bonds. The number of amides is 1. The molecule has 0 aliphatic carbocycles. The molecule has 1 saturated heterocycles. The Hall–Kier alpha value is -3.39. The fraction of sp³-hybridized carbons (Fsp3) is 0.261. The van der Waals surface area contributed by atoms with E-state index in [-0.39, 0.29) is 36.0 Å². The van der Waals surface area contributed by atoms with Crippen LogP contribution >= 0.6 is 0 Å². The predicted octanol–water partition coefficient (Wildman–Crippen LogP) is 3.82. The molecule has 6 nitrogen and oxygen atoms in total. The number of carbonyl (C=O) groups excluding carboxylic acids is 1. The number of aromatic nitrogens is 2. The molecule has 1 aromatic heterocycles. The van der Waals surface area contributed by atoms with Gasteiger partial charge in [-0.05, 0) is 61.3 Å². The minimum atomic E-state index is -0.352. The lowest BCUT2D eigenvalue weighted by molar-refractivity contribution is -0.117. The van der Waals surface area contributed by atoms with Gasteiger partial charge >= 0.3 is 0 Å². The molecule has 1 aliphatic heterocycles. The molecule has 4 rings (SSSR count). The van der Waals surface area contributed by atoms with E-state index in [0.29, 0.717) is 17.8 Å². The fourth-order valence-corrected chi connectivity index (χ4v) is 3.96. The molecule has 8 heteroatoms. The van der Waals surface area contributed by atoms with Gasteiger partial charge in [0.25, 0.3) is 0 Å². The molecule has 0 bridgehead atoms. The molecule has 3 N–H and O–H groups in total. The summed E-state index contributed by atoms with van der Waals surface area (Å²) in [5.74, 6) is -0.643. The summed E-state index contributed by atoms with van der Waals surface area (Å²) >= 11 is 0. The van der Waals surface area contributed by atoms with Gasteiger partial charge < -0.3 is 11.1 Å². The minimum Gasteiger partial charge on any atom is -0.368 e. The third-order valence-corrected chi connectivity index (χ3v) is 5.36. The van der Waals surface area contributed by atoms with Crippen LogP contribution in [-0.2, 0) is 4.79 Å². The first kappa shape index (κ1) is 20.9. The van der Waals surface area contributed by atoms with Gasteiger partial charge in [0, 0.05) is 29.9 Å². The normalized spacial score (nSPS) is 16.8. The van der Waals surface area contributed by atoms with Crippen molar-refractivity contribution in [3.05, 3.63) is 72.1 Å². The van der Waals surface area contributed by atoms with Gasteiger partial charge in [0.15, 0.2) is 0 Å². The maximum absolute atomic E-state index is 13.8. The molecule has 0 spiro atoms. The Morgan fingerprint density at radius 3 is 2.74 bits per heavy atom. The van der Waals surface area contributed by atoms with Crippen LogP contribution in [0.2, 0.25) is 0 Å². The molecule has 0 saturated carbocycles. The number of hydrogen-bond donors (Lipinski definition) is 2. The predicted molar refractivity (Wildman–Crippen MR) is 115 cm³/mol. The van der Waals surface area contributed by atoms with Gasteiger partial charge in [-0.3, -0.25) is 9.69 Å². The van der Waals surface area contributed by atoms with Crippen molar-refractivity contribution >= 4 is 17.5 Å². The summed E-state index contributed by atoms with van der Waals surface area (Å²) in [5, 5.41) is 2.79. The Labute approximate surface area is 179 Å². The van der Waals surface area contributed by atoms with Crippen molar-refractivity contribution in [3.63, 3.8) is 0 Å². The third kappa shape index (κ3) is 5.21. The molecular formula is C23H23F2N5O. The molecule has 1 atom stereocenters. The number of nitrogens with one attached hydrogen (secondary N) is 1. The Balaban J connectivity index is 1.49. The van der Waals surface area contributed by atoms with Gasteiger partial charge in [-0.15, -0.1) is 0 Å². The molecule has 160 valence electrons. The standard InChI is InChI=1S/C23H23F2N5O/c24-17-6-8-19(9-7-17)28-21(31)14-30-10-2-4-16(13-30)22-20(12-27-23(26)29-22)15-3-1-5-18(25)11-15/h1,3,5-9,11-12,16H,2,4,10,13-14H2,(H,28,31)(H2,26,27,29). The van der Waals surface area contributed by atoms with E-state index in [1.807, 2.05) is 6.07 Å². The number of nitrogens with zero attached hydrogens (tertiary/aromatic N) is 3. The summed E-state index contributed by atoms with van der Waals surface area (Å²) in [6.07, 6.45) is 3.41. The van der Waals surface area contributed by atoms with Crippen LogP contribution in [0.5, 0.6) is 0 Å². The van der Waals surface area contributed by atoms with E-state index in [4.69, 9.17) is 5.73 Å². The highest BCUT2D eigenvalue weighted by Gasteiger charge is 2.26. The Morgan fingerprint density at radius 1 is 1.16 bits per heavy atom. The van der Waals surface area contributed by atoms with Crippen LogP contribution < -0.4 is 11.1 Å². The largest absolute Gasteiger partial charge is 0.368 e. The van der Waals surface area contributed by atoms with E-state index in [1.165, 1.54) is 36.4 Å². The molecular weight excluding hydrogens is 400 g/mol. The number of nitrogen functional groups attached to an aromatic ring is 1. The number of rotatable bonds is 5. The van der Waals surface area contributed by atoms with Crippen LogP contribution in [-0.4, -0.2) is 40.4 Å². The van der Waals surface area contributed by atoms with Crippen molar-refractivity contribution in [3.8, 4) is 11.1 Å². The van der Waals surface area contributed by atoms with Gasteiger partial charge in [0.2, 0.25) is 11.9 Å².